The monoisotopic (exact) mass is 304 g/mol. The van der Waals surface area contributed by atoms with Crippen LogP contribution < -0.4 is 0 Å². The molecule has 2 aromatic rings. The SMILES string of the molecule is CC1CCCC(c2ccccc2)[C@]1(C)[C@H]1CCc2ccccc21. The molecule has 2 unspecified atom stereocenters. The van der Waals surface area contributed by atoms with Gasteiger partial charge in [0.1, 0.15) is 0 Å². The molecule has 2 aliphatic carbocycles. The Balaban J connectivity index is 1.79. The highest BCUT2D eigenvalue weighted by molar-refractivity contribution is 5.38. The minimum atomic E-state index is 0.381. The Bertz CT molecular complexity index is 665. The van der Waals surface area contributed by atoms with E-state index in [1.54, 1.807) is 16.7 Å². The van der Waals surface area contributed by atoms with Crippen molar-refractivity contribution in [3.8, 4) is 0 Å². The van der Waals surface area contributed by atoms with E-state index in [0.29, 0.717) is 11.3 Å². The maximum atomic E-state index is 2.60. The van der Waals surface area contributed by atoms with Crippen molar-refractivity contribution in [1.29, 1.82) is 0 Å². The average Bonchev–Trinajstić information content (AvgIpc) is 3.03. The van der Waals surface area contributed by atoms with Crippen molar-refractivity contribution < 1.29 is 0 Å². The van der Waals surface area contributed by atoms with Crippen LogP contribution in [0.15, 0.2) is 54.6 Å². The molecule has 2 aromatic carbocycles. The molecule has 1 fully saturated rings. The summed E-state index contributed by atoms with van der Waals surface area (Å²) < 4.78 is 0. The summed E-state index contributed by atoms with van der Waals surface area (Å²) in [7, 11) is 0. The Morgan fingerprint density at radius 2 is 1.57 bits per heavy atom. The Kier molecular flexibility index (Phi) is 3.79. The highest BCUT2D eigenvalue weighted by Crippen LogP contribution is 2.60. The van der Waals surface area contributed by atoms with Gasteiger partial charge >= 0.3 is 0 Å². The molecule has 0 saturated heterocycles. The standard InChI is InChI=1S/C23H28/c1-17-9-8-14-21(19-11-4-3-5-12-19)23(17,2)22-16-15-18-10-6-7-13-20(18)22/h3-7,10-13,17,21-22H,8-9,14-16H2,1-2H3/t17?,21?,22-,23+/m0/s1. The summed E-state index contributed by atoms with van der Waals surface area (Å²) in [5, 5.41) is 0. The predicted molar refractivity (Wildman–Crippen MR) is 97.8 cm³/mol. The maximum Gasteiger partial charge on any atom is -0.00937 e. The van der Waals surface area contributed by atoms with E-state index in [4.69, 9.17) is 0 Å². The fraction of sp³-hybridized carbons (Fsp3) is 0.478. The first-order valence-corrected chi connectivity index (χ1v) is 9.34. The largest absolute Gasteiger partial charge is 0.0622 e. The molecule has 0 aliphatic heterocycles. The number of fused-ring (bicyclic) bond motifs is 1. The molecule has 0 heteroatoms. The summed E-state index contributed by atoms with van der Waals surface area (Å²) in [4.78, 5) is 0. The van der Waals surface area contributed by atoms with Crippen LogP contribution in [-0.2, 0) is 6.42 Å². The molecule has 0 nitrogen and oxygen atoms in total. The molecule has 4 rings (SSSR count). The first kappa shape index (κ1) is 15.0. The van der Waals surface area contributed by atoms with Gasteiger partial charge in [-0.25, -0.2) is 0 Å². The van der Waals surface area contributed by atoms with Crippen molar-refractivity contribution in [1.82, 2.24) is 0 Å². The molecule has 0 amide bonds. The summed E-state index contributed by atoms with van der Waals surface area (Å²) in [6, 6.07) is 20.5. The van der Waals surface area contributed by atoms with E-state index in [2.05, 4.69) is 68.4 Å². The van der Waals surface area contributed by atoms with Gasteiger partial charge in [-0.3, -0.25) is 0 Å². The van der Waals surface area contributed by atoms with Crippen LogP contribution in [0.4, 0.5) is 0 Å². The van der Waals surface area contributed by atoms with Crippen LogP contribution in [0.25, 0.3) is 0 Å². The maximum absolute atomic E-state index is 2.60. The van der Waals surface area contributed by atoms with Crippen molar-refractivity contribution >= 4 is 0 Å². The van der Waals surface area contributed by atoms with Crippen molar-refractivity contribution in [2.75, 3.05) is 0 Å². The second kappa shape index (κ2) is 5.82. The van der Waals surface area contributed by atoms with E-state index in [0.717, 1.165) is 11.8 Å². The molecule has 0 aromatic heterocycles. The van der Waals surface area contributed by atoms with Crippen molar-refractivity contribution in [3.05, 3.63) is 71.3 Å². The number of hydrogen-bond acceptors (Lipinski definition) is 0. The number of aryl methyl sites for hydroxylation is 1. The van der Waals surface area contributed by atoms with Crippen LogP contribution >= 0.6 is 0 Å². The quantitative estimate of drug-likeness (QED) is 0.608. The topological polar surface area (TPSA) is 0 Å². The molecule has 0 N–H and O–H groups in total. The van der Waals surface area contributed by atoms with Crippen LogP contribution in [0.2, 0.25) is 0 Å². The molecule has 23 heavy (non-hydrogen) atoms. The molecule has 0 radical (unpaired) electrons. The van der Waals surface area contributed by atoms with Gasteiger partial charge < -0.3 is 0 Å². The molecule has 2 aliphatic rings. The molecule has 1 saturated carbocycles. The van der Waals surface area contributed by atoms with E-state index in [9.17, 15) is 0 Å². The molecular formula is C23H28. The van der Waals surface area contributed by atoms with Crippen LogP contribution in [0.1, 0.15) is 68.1 Å². The van der Waals surface area contributed by atoms with Gasteiger partial charge in [0.25, 0.3) is 0 Å². The van der Waals surface area contributed by atoms with Gasteiger partial charge in [-0.05, 0) is 59.1 Å². The summed E-state index contributed by atoms with van der Waals surface area (Å²) in [5.41, 5.74) is 5.19. The lowest BCUT2D eigenvalue weighted by Crippen LogP contribution is -2.40. The van der Waals surface area contributed by atoms with E-state index in [-0.39, 0.29) is 0 Å². The Morgan fingerprint density at radius 1 is 0.826 bits per heavy atom. The van der Waals surface area contributed by atoms with Crippen LogP contribution in [0.5, 0.6) is 0 Å². The van der Waals surface area contributed by atoms with Gasteiger partial charge in [0.2, 0.25) is 0 Å². The lowest BCUT2D eigenvalue weighted by molar-refractivity contribution is 0.0634. The Labute approximate surface area is 140 Å². The number of benzene rings is 2. The second-order valence-electron chi connectivity index (χ2n) is 7.95. The van der Waals surface area contributed by atoms with Crippen molar-refractivity contribution in [3.63, 3.8) is 0 Å². The summed E-state index contributed by atoms with van der Waals surface area (Å²) in [5.74, 6) is 2.21. The first-order chi connectivity index (χ1) is 11.2. The van der Waals surface area contributed by atoms with Crippen LogP contribution in [0.3, 0.4) is 0 Å². The highest BCUT2D eigenvalue weighted by Gasteiger charge is 2.49. The molecule has 120 valence electrons. The van der Waals surface area contributed by atoms with E-state index >= 15 is 0 Å². The fourth-order valence-corrected chi connectivity index (χ4v) is 5.59. The lowest BCUT2D eigenvalue weighted by Gasteiger charge is -2.51. The van der Waals surface area contributed by atoms with Crippen LogP contribution in [-0.4, -0.2) is 0 Å². The van der Waals surface area contributed by atoms with Gasteiger partial charge in [0, 0.05) is 0 Å². The summed E-state index contributed by atoms with van der Waals surface area (Å²) in [6.07, 6.45) is 6.72. The zero-order valence-corrected chi connectivity index (χ0v) is 14.5. The number of hydrogen-bond donors (Lipinski definition) is 0. The Hall–Kier alpha value is -1.56. The Morgan fingerprint density at radius 3 is 2.39 bits per heavy atom. The minimum Gasteiger partial charge on any atom is -0.0622 e. The molecule has 0 heterocycles. The predicted octanol–water partition coefficient (Wildman–Crippen LogP) is 6.33. The van der Waals surface area contributed by atoms with Gasteiger partial charge in [0.05, 0.1) is 0 Å². The van der Waals surface area contributed by atoms with Gasteiger partial charge in [-0.1, -0.05) is 81.3 Å². The third-order valence-electron chi connectivity index (χ3n) is 7.03. The minimum absolute atomic E-state index is 0.381. The van der Waals surface area contributed by atoms with E-state index in [1.165, 1.54) is 32.1 Å². The zero-order valence-electron chi connectivity index (χ0n) is 14.5. The van der Waals surface area contributed by atoms with Crippen LogP contribution in [0, 0.1) is 11.3 Å². The molecule has 0 spiro atoms. The molecular weight excluding hydrogens is 276 g/mol. The first-order valence-electron chi connectivity index (χ1n) is 9.34. The average molecular weight is 304 g/mol. The van der Waals surface area contributed by atoms with Gasteiger partial charge in [0.15, 0.2) is 0 Å². The highest BCUT2D eigenvalue weighted by atomic mass is 14.5. The van der Waals surface area contributed by atoms with Gasteiger partial charge in [-0.2, -0.15) is 0 Å². The fourth-order valence-electron chi connectivity index (χ4n) is 5.59. The lowest BCUT2D eigenvalue weighted by atomic mass is 9.53. The zero-order chi connectivity index (χ0) is 15.9. The summed E-state index contributed by atoms with van der Waals surface area (Å²) in [6.45, 7) is 5.11. The molecule has 4 atom stereocenters. The van der Waals surface area contributed by atoms with E-state index in [1.807, 2.05) is 0 Å². The van der Waals surface area contributed by atoms with E-state index < -0.39 is 0 Å². The smallest absolute Gasteiger partial charge is 0.00937 e. The summed E-state index contributed by atoms with van der Waals surface area (Å²) >= 11 is 0. The third kappa shape index (κ3) is 2.35. The molecule has 0 bridgehead atoms. The van der Waals surface area contributed by atoms with Crippen molar-refractivity contribution in [2.45, 2.75) is 57.8 Å². The number of rotatable bonds is 2. The third-order valence-corrected chi connectivity index (χ3v) is 7.03. The normalized spacial score (nSPS) is 33.4. The van der Waals surface area contributed by atoms with Gasteiger partial charge in [-0.15, -0.1) is 0 Å². The second-order valence-corrected chi connectivity index (χ2v) is 7.95. The van der Waals surface area contributed by atoms with Crippen molar-refractivity contribution in [2.24, 2.45) is 11.3 Å².